The highest BCUT2D eigenvalue weighted by Gasteiger charge is 2.14. The molecule has 1 heterocycles. The van der Waals surface area contributed by atoms with Gasteiger partial charge in [-0.2, -0.15) is 0 Å². The molecule has 0 atom stereocenters. The van der Waals surface area contributed by atoms with Crippen LogP contribution < -0.4 is 10.2 Å². The molecule has 0 saturated heterocycles. The maximum Gasteiger partial charge on any atom is 0.190 e. The molecule has 1 aromatic carbocycles. The Hall–Kier alpha value is -1.46. The molecule has 0 aliphatic carbocycles. The van der Waals surface area contributed by atoms with Gasteiger partial charge in [-0.3, -0.25) is 0 Å². The van der Waals surface area contributed by atoms with Gasteiger partial charge in [-0.25, -0.2) is 9.37 Å². The van der Waals surface area contributed by atoms with E-state index in [0.717, 1.165) is 29.5 Å². The monoisotopic (exact) mass is 307 g/mol. The van der Waals surface area contributed by atoms with Crippen molar-refractivity contribution < 1.29 is 4.39 Å². The van der Waals surface area contributed by atoms with Crippen LogP contribution >= 0.6 is 11.3 Å². The SMILES string of the molecule is CCc1nc(N(C)c2cccc(F)c2)sc1CNC(C)C. The molecule has 0 aliphatic heterocycles. The van der Waals surface area contributed by atoms with Crippen molar-refractivity contribution in [3.63, 3.8) is 0 Å². The number of aryl methyl sites for hydroxylation is 1. The minimum atomic E-state index is -0.228. The van der Waals surface area contributed by atoms with Crippen molar-refractivity contribution in [2.45, 2.75) is 39.8 Å². The second-order valence-electron chi connectivity index (χ2n) is 5.29. The van der Waals surface area contributed by atoms with Crippen molar-refractivity contribution in [3.05, 3.63) is 40.7 Å². The van der Waals surface area contributed by atoms with Gasteiger partial charge in [-0.1, -0.05) is 38.2 Å². The molecule has 114 valence electrons. The Bertz CT molecular complexity index is 595. The first kappa shape index (κ1) is 15.9. The van der Waals surface area contributed by atoms with Gasteiger partial charge in [0.15, 0.2) is 5.13 Å². The summed E-state index contributed by atoms with van der Waals surface area (Å²) in [7, 11) is 1.92. The summed E-state index contributed by atoms with van der Waals surface area (Å²) >= 11 is 1.66. The fourth-order valence-electron chi connectivity index (χ4n) is 2.02. The number of halogens is 1. The minimum Gasteiger partial charge on any atom is -0.321 e. The Morgan fingerprint density at radius 3 is 2.76 bits per heavy atom. The molecule has 0 aliphatic rings. The van der Waals surface area contributed by atoms with E-state index in [1.165, 1.54) is 17.0 Å². The van der Waals surface area contributed by atoms with Crippen LogP contribution in [-0.4, -0.2) is 18.1 Å². The van der Waals surface area contributed by atoms with E-state index in [1.54, 1.807) is 17.4 Å². The summed E-state index contributed by atoms with van der Waals surface area (Å²) in [5.74, 6) is -0.228. The number of nitrogens with zero attached hydrogens (tertiary/aromatic N) is 2. The molecule has 1 aromatic heterocycles. The van der Waals surface area contributed by atoms with Gasteiger partial charge in [0.2, 0.25) is 0 Å². The molecule has 0 saturated carbocycles. The molecule has 2 aromatic rings. The van der Waals surface area contributed by atoms with E-state index in [0.29, 0.717) is 6.04 Å². The van der Waals surface area contributed by atoms with Crippen LogP contribution in [0.4, 0.5) is 15.2 Å². The van der Waals surface area contributed by atoms with Crippen molar-refractivity contribution in [2.24, 2.45) is 0 Å². The van der Waals surface area contributed by atoms with Gasteiger partial charge in [0.1, 0.15) is 5.82 Å². The summed E-state index contributed by atoms with van der Waals surface area (Å²) in [5, 5.41) is 4.33. The average molecular weight is 307 g/mol. The van der Waals surface area contributed by atoms with Crippen LogP contribution in [0, 0.1) is 5.82 Å². The smallest absolute Gasteiger partial charge is 0.190 e. The molecule has 0 unspecified atom stereocenters. The standard InChI is InChI=1S/C16H22FN3S/c1-5-14-15(10-18-11(2)3)21-16(19-14)20(4)13-8-6-7-12(17)9-13/h6-9,11,18H,5,10H2,1-4H3. The van der Waals surface area contributed by atoms with E-state index in [2.05, 4.69) is 26.1 Å². The third-order valence-corrected chi connectivity index (χ3v) is 4.43. The molecule has 5 heteroatoms. The Kier molecular flexibility index (Phi) is 5.31. The van der Waals surface area contributed by atoms with E-state index in [4.69, 9.17) is 4.98 Å². The van der Waals surface area contributed by atoms with Crippen LogP contribution in [0.1, 0.15) is 31.3 Å². The summed E-state index contributed by atoms with van der Waals surface area (Å²) in [6, 6.07) is 7.04. The lowest BCUT2D eigenvalue weighted by Crippen LogP contribution is -2.21. The zero-order valence-electron chi connectivity index (χ0n) is 13.0. The molecule has 0 radical (unpaired) electrons. The summed E-state index contributed by atoms with van der Waals surface area (Å²) < 4.78 is 13.3. The fraction of sp³-hybridized carbons (Fsp3) is 0.438. The van der Waals surface area contributed by atoms with Gasteiger partial charge in [0, 0.05) is 30.2 Å². The predicted molar refractivity (Wildman–Crippen MR) is 87.9 cm³/mol. The van der Waals surface area contributed by atoms with Crippen LogP contribution in [0.2, 0.25) is 0 Å². The van der Waals surface area contributed by atoms with Gasteiger partial charge in [-0.15, -0.1) is 0 Å². The van der Waals surface area contributed by atoms with Crippen LogP contribution in [0.5, 0.6) is 0 Å². The Labute approximate surface area is 129 Å². The molecule has 0 amide bonds. The summed E-state index contributed by atoms with van der Waals surface area (Å²) in [4.78, 5) is 7.89. The Morgan fingerprint density at radius 1 is 1.38 bits per heavy atom. The third kappa shape index (κ3) is 4.02. The van der Waals surface area contributed by atoms with Crippen molar-refractivity contribution in [2.75, 3.05) is 11.9 Å². The topological polar surface area (TPSA) is 28.2 Å². The number of hydrogen-bond acceptors (Lipinski definition) is 4. The average Bonchev–Trinajstić information content (AvgIpc) is 2.87. The second kappa shape index (κ2) is 7.00. The first-order valence-corrected chi connectivity index (χ1v) is 8.04. The van der Waals surface area contributed by atoms with Gasteiger partial charge >= 0.3 is 0 Å². The number of anilines is 2. The highest BCUT2D eigenvalue weighted by Crippen LogP contribution is 2.31. The molecular weight excluding hydrogens is 285 g/mol. The number of rotatable bonds is 6. The lowest BCUT2D eigenvalue weighted by molar-refractivity contribution is 0.590. The van der Waals surface area contributed by atoms with Crippen LogP contribution in [0.15, 0.2) is 24.3 Å². The summed E-state index contributed by atoms with van der Waals surface area (Å²) in [5.41, 5.74) is 1.93. The predicted octanol–water partition coefficient (Wildman–Crippen LogP) is 4.11. The van der Waals surface area contributed by atoms with Crippen molar-refractivity contribution >= 4 is 22.2 Å². The molecule has 0 fully saturated rings. The molecule has 0 bridgehead atoms. The lowest BCUT2D eigenvalue weighted by atomic mass is 10.3. The molecular formula is C16H22FN3S. The maximum absolute atomic E-state index is 13.3. The van der Waals surface area contributed by atoms with E-state index >= 15 is 0 Å². The zero-order valence-corrected chi connectivity index (χ0v) is 13.8. The van der Waals surface area contributed by atoms with E-state index in [1.807, 2.05) is 18.0 Å². The van der Waals surface area contributed by atoms with Gasteiger partial charge in [0.05, 0.1) is 5.69 Å². The quantitative estimate of drug-likeness (QED) is 0.870. The summed E-state index contributed by atoms with van der Waals surface area (Å²) in [6.07, 6.45) is 0.905. The van der Waals surface area contributed by atoms with Crippen LogP contribution in [0.3, 0.4) is 0 Å². The van der Waals surface area contributed by atoms with Gasteiger partial charge in [-0.05, 0) is 24.6 Å². The van der Waals surface area contributed by atoms with Crippen LogP contribution in [0.25, 0.3) is 0 Å². The number of aromatic nitrogens is 1. The first-order valence-electron chi connectivity index (χ1n) is 7.22. The highest BCUT2D eigenvalue weighted by atomic mass is 32.1. The molecule has 21 heavy (non-hydrogen) atoms. The third-order valence-electron chi connectivity index (χ3n) is 3.26. The van der Waals surface area contributed by atoms with Crippen LogP contribution in [-0.2, 0) is 13.0 Å². The number of benzene rings is 1. The number of thiazole rings is 1. The van der Waals surface area contributed by atoms with Crippen molar-refractivity contribution in [3.8, 4) is 0 Å². The Balaban J connectivity index is 2.23. The molecule has 2 rings (SSSR count). The first-order chi connectivity index (χ1) is 10.0. The second-order valence-corrected chi connectivity index (χ2v) is 6.36. The largest absolute Gasteiger partial charge is 0.321 e. The summed E-state index contributed by atoms with van der Waals surface area (Å²) in [6.45, 7) is 7.20. The van der Waals surface area contributed by atoms with E-state index < -0.39 is 0 Å². The number of hydrogen-bond donors (Lipinski definition) is 1. The van der Waals surface area contributed by atoms with Crippen molar-refractivity contribution in [1.29, 1.82) is 0 Å². The minimum absolute atomic E-state index is 0.228. The normalized spacial score (nSPS) is 11.1. The van der Waals surface area contributed by atoms with Gasteiger partial charge < -0.3 is 10.2 Å². The zero-order chi connectivity index (χ0) is 15.4. The lowest BCUT2D eigenvalue weighted by Gasteiger charge is -2.15. The Morgan fingerprint density at radius 2 is 2.14 bits per heavy atom. The molecule has 3 nitrogen and oxygen atoms in total. The molecule has 1 N–H and O–H groups in total. The van der Waals surface area contributed by atoms with Crippen molar-refractivity contribution in [1.82, 2.24) is 10.3 Å². The maximum atomic E-state index is 13.3. The van der Waals surface area contributed by atoms with E-state index in [9.17, 15) is 4.39 Å². The fourth-order valence-corrected chi connectivity index (χ4v) is 3.10. The van der Waals surface area contributed by atoms with E-state index in [-0.39, 0.29) is 5.82 Å². The highest BCUT2D eigenvalue weighted by molar-refractivity contribution is 7.15. The molecule has 0 spiro atoms. The van der Waals surface area contributed by atoms with Gasteiger partial charge in [0.25, 0.3) is 0 Å². The number of nitrogens with one attached hydrogen (secondary N) is 1.